The zero-order valence-corrected chi connectivity index (χ0v) is 15.0. The smallest absolute Gasteiger partial charge is 0.284 e. The molecule has 124 valence electrons. The van der Waals surface area contributed by atoms with Gasteiger partial charge in [-0.15, -0.1) is 5.10 Å². The molecule has 0 aliphatic carbocycles. The van der Waals surface area contributed by atoms with Gasteiger partial charge >= 0.3 is 0 Å². The number of fused-ring (bicyclic) bond motifs is 1. The van der Waals surface area contributed by atoms with Crippen molar-refractivity contribution in [3.8, 4) is 5.69 Å². The highest BCUT2D eigenvalue weighted by Crippen LogP contribution is 2.18. The molecule has 2 heterocycles. The molecule has 0 saturated heterocycles. The fourth-order valence-corrected chi connectivity index (χ4v) is 3.01. The van der Waals surface area contributed by atoms with Crippen molar-refractivity contribution in [3.63, 3.8) is 0 Å². The third-order valence-electron chi connectivity index (χ3n) is 4.16. The van der Waals surface area contributed by atoms with Crippen molar-refractivity contribution in [2.24, 2.45) is 0 Å². The first-order chi connectivity index (χ1) is 12.1. The summed E-state index contributed by atoms with van der Waals surface area (Å²) in [5.41, 5.74) is 2.33. The van der Waals surface area contributed by atoms with E-state index in [0.717, 1.165) is 15.7 Å². The lowest BCUT2D eigenvalue weighted by Gasteiger charge is -2.14. The molecule has 0 aliphatic rings. The van der Waals surface area contributed by atoms with E-state index in [2.05, 4.69) is 31.2 Å². The predicted molar refractivity (Wildman–Crippen MR) is 98.9 cm³/mol. The molecule has 4 rings (SSSR count). The summed E-state index contributed by atoms with van der Waals surface area (Å²) in [4.78, 5) is 17.3. The Bertz CT molecular complexity index is 1090. The number of hydrogen-bond donors (Lipinski definition) is 0. The first-order valence-corrected chi connectivity index (χ1v) is 8.58. The van der Waals surface area contributed by atoms with Crippen LogP contribution in [0.15, 0.2) is 70.2 Å². The minimum atomic E-state index is -0.204. The molecular formula is C18H14BrN5O. The van der Waals surface area contributed by atoms with Gasteiger partial charge in [0, 0.05) is 4.47 Å². The van der Waals surface area contributed by atoms with Crippen molar-refractivity contribution in [1.29, 1.82) is 0 Å². The fourth-order valence-electron chi connectivity index (χ4n) is 2.75. The van der Waals surface area contributed by atoms with Crippen molar-refractivity contribution in [1.82, 2.24) is 24.5 Å². The second-order valence-electron chi connectivity index (χ2n) is 5.69. The molecule has 2 aromatic heterocycles. The first kappa shape index (κ1) is 15.7. The summed E-state index contributed by atoms with van der Waals surface area (Å²) in [5, 5.41) is 8.16. The zero-order valence-electron chi connectivity index (χ0n) is 13.4. The van der Waals surface area contributed by atoms with Crippen LogP contribution in [-0.4, -0.2) is 24.5 Å². The van der Waals surface area contributed by atoms with Gasteiger partial charge in [0.25, 0.3) is 5.56 Å². The molecule has 0 N–H and O–H groups in total. The van der Waals surface area contributed by atoms with Crippen LogP contribution in [0.2, 0.25) is 0 Å². The van der Waals surface area contributed by atoms with Crippen LogP contribution in [-0.2, 0) is 0 Å². The van der Waals surface area contributed by atoms with Crippen LogP contribution >= 0.6 is 15.9 Å². The number of aromatic nitrogens is 5. The Labute approximate surface area is 151 Å². The maximum atomic E-state index is 12.8. The van der Waals surface area contributed by atoms with Crippen LogP contribution in [0.3, 0.4) is 0 Å². The molecule has 0 saturated carbocycles. The van der Waals surface area contributed by atoms with Gasteiger partial charge in [-0.3, -0.25) is 9.36 Å². The molecule has 1 atom stereocenters. The largest absolute Gasteiger partial charge is 0.290 e. The second kappa shape index (κ2) is 6.25. The highest BCUT2D eigenvalue weighted by Gasteiger charge is 2.16. The van der Waals surface area contributed by atoms with E-state index in [9.17, 15) is 4.79 Å². The third-order valence-corrected chi connectivity index (χ3v) is 4.69. The Morgan fingerprint density at radius 1 is 1.04 bits per heavy atom. The van der Waals surface area contributed by atoms with Crippen LogP contribution in [0, 0.1) is 0 Å². The molecule has 0 amide bonds. The standard InChI is InChI=1S/C18H14BrN5O/c1-12(13-5-3-2-4-6-13)23-11-20-17-16(18(23)25)21-22-24(17)15-9-7-14(19)8-10-15/h2-12H,1H3. The first-order valence-electron chi connectivity index (χ1n) is 7.78. The lowest BCUT2D eigenvalue weighted by molar-refractivity contribution is 0.607. The van der Waals surface area contributed by atoms with Gasteiger partial charge in [-0.2, -0.15) is 4.68 Å². The van der Waals surface area contributed by atoms with E-state index >= 15 is 0 Å². The fraction of sp³-hybridized carbons (Fsp3) is 0.111. The van der Waals surface area contributed by atoms with Crippen LogP contribution in [0.4, 0.5) is 0 Å². The van der Waals surface area contributed by atoms with E-state index in [1.807, 2.05) is 61.5 Å². The molecule has 7 heteroatoms. The summed E-state index contributed by atoms with van der Waals surface area (Å²) >= 11 is 3.40. The molecular weight excluding hydrogens is 382 g/mol. The number of hydrogen-bond acceptors (Lipinski definition) is 4. The summed E-state index contributed by atoms with van der Waals surface area (Å²) < 4.78 is 4.12. The molecule has 6 nitrogen and oxygen atoms in total. The van der Waals surface area contributed by atoms with Gasteiger partial charge in [0.05, 0.1) is 11.7 Å². The average Bonchev–Trinajstić information content (AvgIpc) is 3.08. The Balaban J connectivity index is 1.82. The molecule has 0 spiro atoms. The Hall–Kier alpha value is -2.80. The van der Waals surface area contributed by atoms with Crippen molar-refractivity contribution >= 4 is 27.1 Å². The third kappa shape index (κ3) is 2.76. The van der Waals surface area contributed by atoms with E-state index in [1.165, 1.54) is 0 Å². The minimum absolute atomic E-state index is 0.136. The van der Waals surface area contributed by atoms with Gasteiger partial charge in [0.2, 0.25) is 0 Å². The monoisotopic (exact) mass is 395 g/mol. The molecule has 25 heavy (non-hydrogen) atoms. The Morgan fingerprint density at radius 2 is 1.76 bits per heavy atom. The van der Waals surface area contributed by atoms with Gasteiger partial charge in [0.1, 0.15) is 6.33 Å². The maximum Gasteiger partial charge on any atom is 0.284 e. The van der Waals surface area contributed by atoms with Gasteiger partial charge in [-0.05, 0) is 36.8 Å². The van der Waals surface area contributed by atoms with Crippen molar-refractivity contribution in [2.75, 3.05) is 0 Å². The molecule has 4 aromatic rings. The highest BCUT2D eigenvalue weighted by atomic mass is 79.9. The van der Waals surface area contributed by atoms with Gasteiger partial charge < -0.3 is 0 Å². The normalized spacial score (nSPS) is 12.4. The quantitative estimate of drug-likeness (QED) is 0.533. The number of halogens is 1. The number of nitrogens with zero attached hydrogens (tertiary/aromatic N) is 5. The zero-order chi connectivity index (χ0) is 17.4. The predicted octanol–water partition coefficient (Wildman–Crippen LogP) is 3.35. The van der Waals surface area contributed by atoms with Gasteiger partial charge in [-0.25, -0.2) is 4.98 Å². The minimum Gasteiger partial charge on any atom is -0.290 e. The lowest BCUT2D eigenvalue weighted by Crippen LogP contribution is -2.24. The SMILES string of the molecule is CC(c1ccccc1)n1cnc2c(nnn2-c2ccc(Br)cc2)c1=O. The van der Waals surface area contributed by atoms with Crippen LogP contribution in [0.5, 0.6) is 0 Å². The molecule has 0 aliphatic heterocycles. The van der Waals surface area contributed by atoms with E-state index in [-0.39, 0.29) is 17.1 Å². The number of rotatable bonds is 3. The molecule has 0 fully saturated rings. The Kier molecular flexibility index (Phi) is 3.93. The van der Waals surface area contributed by atoms with Gasteiger partial charge in [0.15, 0.2) is 11.2 Å². The average molecular weight is 396 g/mol. The Morgan fingerprint density at radius 3 is 2.48 bits per heavy atom. The van der Waals surface area contributed by atoms with Crippen molar-refractivity contribution in [2.45, 2.75) is 13.0 Å². The maximum absolute atomic E-state index is 12.8. The van der Waals surface area contributed by atoms with Crippen molar-refractivity contribution < 1.29 is 0 Å². The molecule has 1 unspecified atom stereocenters. The molecule has 0 radical (unpaired) electrons. The van der Waals surface area contributed by atoms with Crippen LogP contribution in [0.25, 0.3) is 16.9 Å². The van der Waals surface area contributed by atoms with E-state index in [1.54, 1.807) is 15.6 Å². The van der Waals surface area contributed by atoms with Crippen LogP contribution < -0.4 is 5.56 Å². The lowest BCUT2D eigenvalue weighted by atomic mass is 10.1. The van der Waals surface area contributed by atoms with Crippen LogP contribution in [0.1, 0.15) is 18.5 Å². The molecule has 0 bridgehead atoms. The summed E-state index contributed by atoms with van der Waals surface area (Å²) in [6.45, 7) is 1.96. The van der Waals surface area contributed by atoms with E-state index in [0.29, 0.717) is 5.65 Å². The second-order valence-corrected chi connectivity index (χ2v) is 6.61. The summed E-state index contributed by atoms with van der Waals surface area (Å²) in [7, 11) is 0. The van der Waals surface area contributed by atoms with Gasteiger partial charge in [-0.1, -0.05) is 51.5 Å². The summed E-state index contributed by atoms with van der Waals surface area (Å²) in [6.07, 6.45) is 1.56. The summed E-state index contributed by atoms with van der Waals surface area (Å²) in [6, 6.07) is 17.3. The van der Waals surface area contributed by atoms with E-state index < -0.39 is 0 Å². The van der Waals surface area contributed by atoms with Crippen molar-refractivity contribution in [3.05, 3.63) is 81.3 Å². The molecule has 2 aromatic carbocycles. The number of benzene rings is 2. The highest BCUT2D eigenvalue weighted by molar-refractivity contribution is 9.10. The topological polar surface area (TPSA) is 65.6 Å². The van der Waals surface area contributed by atoms with E-state index in [4.69, 9.17) is 0 Å². The summed E-state index contributed by atoms with van der Waals surface area (Å²) in [5.74, 6) is 0.